The molecule has 10 nitrogen and oxygen atoms in total. The Kier molecular flexibility index (Phi) is 9.76. The maximum atomic E-state index is 15.8. The SMILES string of the molecule is CCCc1c(Cc2ccc(-c3ccccc3-c3noc(=O)[nH]3)cc2F)c(=O)n(-c2ccc(OC(C)C)cc2)c2ncnn12.[H-].[K+]. The first-order chi connectivity index (χ1) is 20.8. The number of nitrogens with one attached hydrogen (secondary N) is 1. The quantitative estimate of drug-likeness (QED) is 0.247. The molecule has 6 rings (SSSR count). The van der Waals surface area contributed by atoms with Gasteiger partial charge < -0.3 is 6.16 Å². The van der Waals surface area contributed by atoms with Crippen LogP contribution in [0.4, 0.5) is 4.39 Å². The summed E-state index contributed by atoms with van der Waals surface area (Å²) in [5.74, 6) is 0.172. The summed E-state index contributed by atoms with van der Waals surface area (Å²) in [6.07, 6.45) is 2.81. The van der Waals surface area contributed by atoms with Gasteiger partial charge in [0.1, 0.15) is 17.9 Å². The number of nitrogens with zero attached hydrogens (tertiary/aromatic N) is 5. The summed E-state index contributed by atoms with van der Waals surface area (Å²) < 4.78 is 29.4. The van der Waals surface area contributed by atoms with Crippen molar-refractivity contribution in [2.24, 2.45) is 0 Å². The van der Waals surface area contributed by atoms with Crippen molar-refractivity contribution in [1.29, 1.82) is 0 Å². The van der Waals surface area contributed by atoms with Gasteiger partial charge in [0.2, 0.25) is 5.78 Å². The second-order valence-electron chi connectivity index (χ2n) is 10.4. The summed E-state index contributed by atoms with van der Waals surface area (Å²) in [6, 6.07) is 19.3. The number of aromatic amines is 1. The molecule has 0 bridgehead atoms. The topological polar surface area (TPSA) is 120 Å². The Labute approximate surface area is 295 Å². The van der Waals surface area contributed by atoms with Gasteiger partial charge in [-0.25, -0.2) is 18.3 Å². The van der Waals surface area contributed by atoms with E-state index in [1.165, 1.54) is 17.0 Å². The van der Waals surface area contributed by atoms with Gasteiger partial charge in [0.25, 0.3) is 5.56 Å². The van der Waals surface area contributed by atoms with E-state index in [1.807, 2.05) is 32.9 Å². The van der Waals surface area contributed by atoms with Crippen molar-refractivity contribution in [3.8, 4) is 34.0 Å². The van der Waals surface area contributed by atoms with Gasteiger partial charge >= 0.3 is 57.1 Å². The van der Waals surface area contributed by atoms with Gasteiger partial charge in [0, 0.05) is 17.5 Å². The average Bonchev–Trinajstić information content (AvgIpc) is 3.65. The second-order valence-corrected chi connectivity index (χ2v) is 10.4. The molecule has 0 saturated heterocycles. The molecular weight excluding hydrogens is 590 g/mol. The first-order valence-electron chi connectivity index (χ1n) is 14.0. The molecule has 0 atom stereocenters. The van der Waals surface area contributed by atoms with Gasteiger partial charge in [0.05, 0.1) is 17.5 Å². The summed E-state index contributed by atoms with van der Waals surface area (Å²) in [7, 11) is 0. The Morgan fingerprint density at radius 3 is 2.45 bits per heavy atom. The normalized spacial score (nSPS) is 11.2. The summed E-state index contributed by atoms with van der Waals surface area (Å²) in [5, 5.41) is 8.21. The summed E-state index contributed by atoms with van der Waals surface area (Å²) in [6.45, 7) is 5.90. The van der Waals surface area contributed by atoms with Crippen LogP contribution in [0.3, 0.4) is 0 Å². The van der Waals surface area contributed by atoms with E-state index in [1.54, 1.807) is 53.0 Å². The molecule has 0 saturated carbocycles. The third-order valence-corrected chi connectivity index (χ3v) is 7.10. The maximum Gasteiger partial charge on any atom is 1.00 e. The zero-order chi connectivity index (χ0) is 30.1. The van der Waals surface area contributed by atoms with Crippen molar-refractivity contribution >= 4 is 5.78 Å². The number of halogens is 1. The first-order valence-corrected chi connectivity index (χ1v) is 14.0. The van der Waals surface area contributed by atoms with Crippen molar-refractivity contribution < 1.29 is 66.5 Å². The minimum atomic E-state index is -0.677. The van der Waals surface area contributed by atoms with E-state index in [9.17, 15) is 9.59 Å². The fourth-order valence-electron chi connectivity index (χ4n) is 5.24. The molecule has 0 aliphatic rings. The first kappa shape index (κ1) is 31.7. The van der Waals surface area contributed by atoms with Gasteiger partial charge in [0.15, 0.2) is 5.82 Å². The Bertz CT molecular complexity index is 2050. The molecule has 6 aromatic rings. The number of benzene rings is 3. The standard InChI is InChI=1S/C32H29FN6O4.K.H/c1-4-7-28-26(30(40)38(31-34-18-35-39(28)31)22-12-14-23(15-13-22)42-19(2)3)16-21-11-10-20(17-27(21)33)24-8-5-6-9-25(24)29-36-32(41)43-37-29;;/h5-6,8-15,17-19H,4,7,16H2,1-3H3,(H,36,37,41);;/q;+1;-1. The number of ether oxygens (including phenoxy) is 1. The molecule has 12 heteroatoms. The molecule has 0 fully saturated rings. The molecule has 0 unspecified atom stereocenters. The number of H-pyrrole nitrogens is 1. The third kappa shape index (κ3) is 6.26. The van der Waals surface area contributed by atoms with Gasteiger partial charge in [-0.05, 0) is 67.3 Å². The van der Waals surface area contributed by atoms with Crippen LogP contribution in [-0.4, -0.2) is 35.4 Å². The molecular formula is C32H30FKN6O4. The molecule has 0 aliphatic heterocycles. The second kappa shape index (κ2) is 13.5. The number of hydrogen-bond acceptors (Lipinski definition) is 7. The zero-order valence-corrected chi connectivity index (χ0v) is 28.0. The van der Waals surface area contributed by atoms with Crippen molar-refractivity contribution in [3.63, 3.8) is 0 Å². The Balaban J connectivity index is 0.00000230. The summed E-state index contributed by atoms with van der Waals surface area (Å²) >= 11 is 0. The van der Waals surface area contributed by atoms with Crippen molar-refractivity contribution in [1.82, 2.24) is 29.3 Å². The fourth-order valence-corrected chi connectivity index (χ4v) is 5.24. The van der Waals surface area contributed by atoms with E-state index < -0.39 is 11.6 Å². The van der Waals surface area contributed by atoms with Crippen molar-refractivity contribution in [2.75, 3.05) is 0 Å². The van der Waals surface area contributed by atoms with E-state index in [0.717, 1.165) is 6.42 Å². The largest absolute Gasteiger partial charge is 1.00 e. The predicted octanol–water partition coefficient (Wildman–Crippen LogP) is 2.48. The number of aryl methyl sites for hydroxylation is 1. The smallest absolute Gasteiger partial charge is 1.00 e. The Morgan fingerprint density at radius 2 is 1.80 bits per heavy atom. The van der Waals surface area contributed by atoms with Crippen LogP contribution in [0, 0.1) is 5.82 Å². The van der Waals surface area contributed by atoms with Gasteiger partial charge in [-0.15, -0.1) is 0 Å². The van der Waals surface area contributed by atoms with Crippen molar-refractivity contribution in [2.45, 2.75) is 46.1 Å². The van der Waals surface area contributed by atoms with E-state index in [-0.39, 0.29) is 76.7 Å². The van der Waals surface area contributed by atoms with Crippen LogP contribution in [0.5, 0.6) is 5.75 Å². The zero-order valence-electron chi connectivity index (χ0n) is 25.9. The summed E-state index contributed by atoms with van der Waals surface area (Å²) in [5.41, 5.74) is 3.65. The van der Waals surface area contributed by atoms with E-state index in [2.05, 4.69) is 24.7 Å². The molecule has 220 valence electrons. The molecule has 1 N–H and O–H groups in total. The Hall–Kier alpha value is -3.68. The van der Waals surface area contributed by atoms with Gasteiger partial charge in [-0.3, -0.25) is 14.3 Å². The van der Waals surface area contributed by atoms with E-state index in [4.69, 9.17) is 4.74 Å². The fraction of sp³-hybridized carbons (Fsp3) is 0.219. The van der Waals surface area contributed by atoms with Crippen LogP contribution in [0.1, 0.15) is 45.4 Å². The molecule has 0 spiro atoms. The Morgan fingerprint density at radius 1 is 1.05 bits per heavy atom. The number of fused-ring (bicyclic) bond motifs is 1. The van der Waals surface area contributed by atoms with Gasteiger partial charge in [-0.1, -0.05) is 54.9 Å². The maximum absolute atomic E-state index is 15.8. The molecule has 3 heterocycles. The monoisotopic (exact) mass is 620 g/mol. The van der Waals surface area contributed by atoms with E-state index in [0.29, 0.717) is 57.1 Å². The van der Waals surface area contributed by atoms with Crippen LogP contribution >= 0.6 is 0 Å². The van der Waals surface area contributed by atoms with Crippen LogP contribution in [0.2, 0.25) is 0 Å². The predicted molar refractivity (Wildman–Crippen MR) is 160 cm³/mol. The molecule has 44 heavy (non-hydrogen) atoms. The molecule has 0 radical (unpaired) electrons. The number of rotatable bonds is 9. The minimum Gasteiger partial charge on any atom is -1.00 e. The van der Waals surface area contributed by atoms with Crippen molar-refractivity contribution in [3.05, 3.63) is 117 Å². The van der Waals surface area contributed by atoms with Crippen LogP contribution in [-0.2, 0) is 12.8 Å². The third-order valence-electron chi connectivity index (χ3n) is 7.10. The molecule has 3 aromatic carbocycles. The van der Waals surface area contributed by atoms with E-state index >= 15 is 4.39 Å². The number of aromatic nitrogens is 6. The van der Waals surface area contributed by atoms with Crippen LogP contribution in [0.25, 0.3) is 34.0 Å². The molecule has 0 aliphatic carbocycles. The van der Waals surface area contributed by atoms with Crippen LogP contribution < -0.4 is 67.4 Å². The summed E-state index contributed by atoms with van der Waals surface area (Å²) in [4.78, 5) is 32.6. The van der Waals surface area contributed by atoms with Gasteiger partial charge in [-0.2, -0.15) is 10.1 Å². The molecule has 3 aromatic heterocycles. The van der Waals surface area contributed by atoms with Crippen LogP contribution in [0.15, 0.2) is 87.2 Å². The number of hydrogen-bond donors (Lipinski definition) is 1. The molecule has 0 amide bonds. The average molecular weight is 621 g/mol. The minimum absolute atomic E-state index is 0.